The Hall–Kier alpha value is -3.77. The summed E-state index contributed by atoms with van der Waals surface area (Å²) in [5.41, 5.74) is 2.95. The molecule has 0 bridgehead atoms. The quantitative estimate of drug-likeness (QED) is 0.349. The molecule has 0 aliphatic rings. The molecule has 0 radical (unpaired) electrons. The number of hydrogen-bond donors (Lipinski definition) is 1. The highest BCUT2D eigenvalue weighted by Crippen LogP contribution is 2.32. The molecular weight excluding hydrogens is 408 g/mol. The highest BCUT2D eigenvalue weighted by molar-refractivity contribution is 7.17. The van der Waals surface area contributed by atoms with E-state index in [4.69, 9.17) is 9.63 Å². The van der Waals surface area contributed by atoms with Crippen LogP contribution in [0.25, 0.3) is 32.6 Å². The summed E-state index contributed by atoms with van der Waals surface area (Å²) in [7, 11) is 0. The minimum Gasteiger partial charge on any atom is -0.477 e. The number of aromatic nitrogens is 2. The fourth-order valence-corrected chi connectivity index (χ4v) is 4.53. The van der Waals surface area contributed by atoms with Crippen molar-refractivity contribution in [2.45, 2.75) is 12.8 Å². The molecule has 5 aromatic rings. The van der Waals surface area contributed by atoms with Crippen molar-refractivity contribution in [3.8, 4) is 21.8 Å². The Balaban J connectivity index is 1.41. The smallest absolute Gasteiger partial charge is 0.345 e. The molecule has 6 heteroatoms. The molecule has 0 saturated carbocycles. The van der Waals surface area contributed by atoms with Crippen molar-refractivity contribution in [3.05, 3.63) is 95.2 Å². The molecule has 1 atom stereocenters. The van der Waals surface area contributed by atoms with Gasteiger partial charge in [0.25, 0.3) is 0 Å². The zero-order valence-corrected chi connectivity index (χ0v) is 17.5. The molecule has 2 heterocycles. The first-order valence-electron chi connectivity index (χ1n) is 9.85. The van der Waals surface area contributed by atoms with Gasteiger partial charge >= 0.3 is 5.97 Å². The zero-order chi connectivity index (χ0) is 21.4. The average molecular weight is 426 g/mol. The van der Waals surface area contributed by atoms with Crippen LogP contribution in [-0.4, -0.2) is 21.2 Å². The number of rotatable bonds is 5. The predicted molar refractivity (Wildman–Crippen MR) is 121 cm³/mol. The van der Waals surface area contributed by atoms with Gasteiger partial charge in [-0.15, -0.1) is 11.3 Å². The van der Waals surface area contributed by atoms with Gasteiger partial charge < -0.3 is 9.63 Å². The molecule has 0 aliphatic carbocycles. The first-order chi connectivity index (χ1) is 15.1. The second-order valence-corrected chi connectivity index (χ2v) is 8.38. The Morgan fingerprint density at radius 3 is 2.45 bits per heavy atom. The third-order valence-electron chi connectivity index (χ3n) is 5.35. The molecule has 152 valence electrons. The zero-order valence-electron chi connectivity index (χ0n) is 16.6. The lowest BCUT2D eigenvalue weighted by Gasteiger charge is -2.10. The van der Waals surface area contributed by atoms with E-state index in [1.54, 1.807) is 6.07 Å². The summed E-state index contributed by atoms with van der Waals surface area (Å²) in [5.74, 6) is 0.158. The van der Waals surface area contributed by atoms with Crippen LogP contribution in [0.3, 0.4) is 0 Å². The number of benzene rings is 3. The van der Waals surface area contributed by atoms with Crippen molar-refractivity contribution in [3.63, 3.8) is 0 Å². The van der Waals surface area contributed by atoms with Crippen LogP contribution in [0.4, 0.5) is 0 Å². The predicted octanol–water partition coefficient (Wildman–Crippen LogP) is 6.47. The Morgan fingerprint density at radius 2 is 1.68 bits per heavy atom. The molecule has 3 aromatic carbocycles. The lowest BCUT2D eigenvalue weighted by atomic mass is 9.95. The second-order valence-electron chi connectivity index (χ2n) is 7.29. The maximum Gasteiger partial charge on any atom is 0.345 e. The number of nitrogens with zero attached hydrogens (tertiary/aromatic N) is 2. The highest BCUT2D eigenvalue weighted by Gasteiger charge is 2.19. The van der Waals surface area contributed by atoms with E-state index in [9.17, 15) is 4.79 Å². The Bertz CT molecular complexity index is 1380. The summed E-state index contributed by atoms with van der Waals surface area (Å²) in [6.07, 6.45) is 0. The van der Waals surface area contributed by atoms with Gasteiger partial charge in [0.05, 0.1) is 5.92 Å². The van der Waals surface area contributed by atoms with E-state index in [1.807, 2.05) is 48.5 Å². The van der Waals surface area contributed by atoms with Gasteiger partial charge in [0.15, 0.2) is 0 Å². The van der Waals surface area contributed by atoms with Gasteiger partial charge in [0, 0.05) is 10.4 Å². The number of carbonyl (C=O) groups is 1. The number of carboxylic acids is 1. The van der Waals surface area contributed by atoms with Crippen molar-refractivity contribution < 1.29 is 14.4 Å². The number of hydrogen-bond acceptors (Lipinski definition) is 5. The molecule has 0 fully saturated rings. The van der Waals surface area contributed by atoms with E-state index in [2.05, 4.69) is 41.3 Å². The van der Waals surface area contributed by atoms with Crippen molar-refractivity contribution >= 4 is 28.1 Å². The topological polar surface area (TPSA) is 76.2 Å². The number of fused-ring (bicyclic) bond motifs is 1. The lowest BCUT2D eigenvalue weighted by Crippen LogP contribution is -1.97. The fraction of sp³-hybridized carbons (Fsp3) is 0.0800. The van der Waals surface area contributed by atoms with Crippen LogP contribution in [0, 0.1) is 0 Å². The summed E-state index contributed by atoms with van der Waals surface area (Å²) in [6.45, 7) is 2.07. The van der Waals surface area contributed by atoms with Gasteiger partial charge in [0.1, 0.15) is 4.88 Å². The SMILES string of the molecule is CC(c1nc(-c2ccc(-c3ccc(C(=O)O)s3)cc2)no1)c1cccc2ccccc12. The Labute approximate surface area is 182 Å². The molecule has 5 rings (SSSR count). The molecule has 2 aromatic heterocycles. The van der Waals surface area contributed by atoms with Crippen molar-refractivity contribution in [1.29, 1.82) is 0 Å². The maximum atomic E-state index is 11.1. The van der Waals surface area contributed by atoms with Crippen LogP contribution in [0.2, 0.25) is 0 Å². The number of carboxylic acid groups (broad SMARTS) is 1. The van der Waals surface area contributed by atoms with Gasteiger partial charge in [-0.05, 0) is 41.0 Å². The molecule has 1 unspecified atom stereocenters. The Morgan fingerprint density at radius 1 is 0.935 bits per heavy atom. The monoisotopic (exact) mass is 426 g/mol. The minimum atomic E-state index is -0.910. The van der Waals surface area contributed by atoms with Crippen LogP contribution in [0.1, 0.15) is 34.0 Å². The Kier molecular flexibility index (Phi) is 4.84. The average Bonchev–Trinajstić information content (AvgIpc) is 3.49. The van der Waals surface area contributed by atoms with E-state index >= 15 is 0 Å². The molecule has 0 spiro atoms. The van der Waals surface area contributed by atoms with Crippen LogP contribution in [0.15, 0.2) is 83.4 Å². The molecule has 31 heavy (non-hydrogen) atoms. The number of thiophene rings is 1. The molecule has 0 amide bonds. The van der Waals surface area contributed by atoms with Gasteiger partial charge in [-0.1, -0.05) is 71.9 Å². The third-order valence-corrected chi connectivity index (χ3v) is 6.47. The molecule has 5 nitrogen and oxygen atoms in total. The van der Waals surface area contributed by atoms with E-state index in [0.717, 1.165) is 21.6 Å². The van der Waals surface area contributed by atoms with E-state index in [0.29, 0.717) is 16.6 Å². The van der Waals surface area contributed by atoms with E-state index < -0.39 is 5.97 Å². The third kappa shape index (κ3) is 3.62. The normalized spacial score (nSPS) is 12.2. The summed E-state index contributed by atoms with van der Waals surface area (Å²) in [5, 5.41) is 15.7. The molecule has 0 saturated heterocycles. The summed E-state index contributed by atoms with van der Waals surface area (Å²) >= 11 is 1.25. The van der Waals surface area contributed by atoms with Gasteiger partial charge in [0.2, 0.25) is 11.7 Å². The maximum absolute atomic E-state index is 11.1. The standard InChI is InChI=1S/C25H18N2O3S/c1-15(19-8-4-6-16-5-2-3-7-20(16)19)24-26-23(27-30-24)18-11-9-17(10-12-18)21-13-14-22(31-21)25(28)29/h2-15H,1H3,(H,28,29). The minimum absolute atomic E-state index is 0.0350. The second kappa shape index (κ2) is 7.81. The first kappa shape index (κ1) is 19.2. The number of aromatic carboxylic acids is 1. The van der Waals surface area contributed by atoms with E-state index in [1.165, 1.54) is 22.1 Å². The van der Waals surface area contributed by atoms with Crippen molar-refractivity contribution in [1.82, 2.24) is 10.1 Å². The van der Waals surface area contributed by atoms with Crippen LogP contribution in [-0.2, 0) is 0 Å². The summed E-state index contributed by atoms with van der Waals surface area (Å²) in [6, 6.07) is 25.7. The van der Waals surface area contributed by atoms with Gasteiger partial charge in [-0.2, -0.15) is 4.98 Å². The van der Waals surface area contributed by atoms with Crippen LogP contribution in [0.5, 0.6) is 0 Å². The fourth-order valence-electron chi connectivity index (χ4n) is 3.68. The largest absolute Gasteiger partial charge is 0.477 e. The van der Waals surface area contributed by atoms with Crippen LogP contribution < -0.4 is 0 Å². The first-order valence-corrected chi connectivity index (χ1v) is 10.7. The van der Waals surface area contributed by atoms with E-state index in [-0.39, 0.29) is 5.92 Å². The van der Waals surface area contributed by atoms with Crippen molar-refractivity contribution in [2.75, 3.05) is 0 Å². The van der Waals surface area contributed by atoms with Crippen LogP contribution >= 0.6 is 11.3 Å². The van der Waals surface area contributed by atoms with Gasteiger partial charge in [-0.3, -0.25) is 0 Å². The summed E-state index contributed by atoms with van der Waals surface area (Å²) < 4.78 is 5.60. The highest BCUT2D eigenvalue weighted by atomic mass is 32.1. The lowest BCUT2D eigenvalue weighted by molar-refractivity contribution is 0.0702. The molecule has 1 N–H and O–H groups in total. The van der Waals surface area contributed by atoms with Crippen molar-refractivity contribution in [2.24, 2.45) is 0 Å². The summed E-state index contributed by atoms with van der Waals surface area (Å²) in [4.78, 5) is 17.0. The van der Waals surface area contributed by atoms with Gasteiger partial charge in [-0.25, -0.2) is 4.79 Å². The molecular formula is C25H18N2O3S. The molecule has 0 aliphatic heterocycles.